The van der Waals surface area contributed by atoms with E-state index in [1.165, 1.54) is 7.05 Å². The van der Waals surface area contributed by atoms with Gasteiger partial charge in [-0.3, -0.25) is 0 Å². The molecule has 152 valence electrons. The first-order chi connectivity index (χ1) is 13.1. The molecule has 0 fully saturated rings. The number of amides is 1. The molecule has 0 saturated carbocycles. The zero-order valence-corrected chi connectivity index (χ0v) is 17.5. The Hall–Kier alpha value is -2.67. The first kappa shape index (κ1) is 21.6. The van der Waals surface area contributed by atoms with Crippen LogP contribution in [-0.2, 0) is 0 Å². The molecule has 2 aromatic rings. The summed E-state index contributed by atoms with van der Waals surface area (Å²) in [6.07, 6.45) is 1.89. The lowest BCUT2D eigenvalue weighted by molar-refractivity contribution is 0.201. The normalized spacial score (nSPS) is 13.1. The number of nitrogens with zero attached hydrogens (tertiary/aromatic N) is 2. The number of carbonyl (C=O) groups excluding carboxylic acids is 1. The first-order valence-corrected chi connectivity index (χ1v) is 9.37. The van der Waals surface area contributed by atoms with Crippen molar-refractivity contribution in [2.24, 2.45) is 11.7 Å². The van der Waals surface area contributed by atoms with Gasteiger partial charge in [0.25, 0.3) is 0 Å². The third kappa shape index (κ3) is 5.92. The number of hydrogen-bond donors (Lipinski definition) is 2. The molecule has 7 heteroatoms. The van der Waals surface area contributed by atoms with Crippen LogP contribution in [0.5, 0.6) is 11.6 Å². The molecular weight excluding hydrogens is 356 g/mol. The number of aromatic nitrogens is 2. The van der Waals surface area contributed by atoms with Gasteiger partial charge in [0.15, 0.2) is 0 Å². The molecule has 2 aromatic heterocycles. The van der Waals surface area contributed by atoms with Crippen molar-refractivity contribution in [3.8, 4) is 22.9 Å². The maximum Gasteiger partial charge on any atom is 0.413 e. The predicted molar refractivity (Wildman–Crippen MR) is 110 cm³/mol. The summed E-state index contributed by atoms with van der Waals surface area (Å²) in [5, 5.41) is 2.39. The van der Waals surface area contributed by atoms with Crippen LogP contribution in [0.1, 0.15) is 38.4 Å². The van der Waals surface area contributed by atoms with Crippen LogP contribution in [0.3, 0.4) is 0 Å². The highest BCUT2D eigenvalue weighted by Crippen LogP contribution is 2.29. The quantitative estimate of drug-likeness (QED) is 0.754. The minimum atomic E-state index is -0.569. The van der Waals surface area contributed by atoms with Gasteiger partial charge in [0, 0.05) is 30.4 Å². The van der Waals surface area contributed by atoms with E-state index in [0.717, 1.165) is 34.7 Å². The second-order valence-corrected chi connectivity index (χ2v) is 7.80. The fraction of sp³-hybridized carbons (Fsp3) is 0.476. The summed E-state index contributed by atoms with van der Waals surface area (Å²) in [4.78, 5) is 20.1. The number of pyridine rings is 2. The smallest absolute Gasteiger partial charge is 0.413 e. The van der Waals surface area contributed by atoms with Gasteiger partial charge in [-0.25, -0.2) is 14.8 Å². The van der Waals surface area contributed by atoms with E-state index in [0.29, 0.717) is 12.5 Å². The molecule has 0 aliphatic carbocycles. The summed E-state index contributed by atoms with van der Waals surface area (Å²) in [7, 11) is 1.49. The van der Waals surface area contributed by atoms with Gasteiger partial charge in [0.1, 0.15) is 12.4 Å². The second-order valence-electron chi connectivity index (χ2n) is 7.80. The van der Waals surface area contributed by atoms with Gasteiger partial charge in [-0.1, -0.05) is 13.8 Å². The average Bonchev–Trinajstić information content (AvgIpc) is 2.59. The third-order valence-electron chi connectivity index (χ3n) is 4.18. The van der Waals surface area contributed by atoms with E-state index in [2.05, 4.69) is 29.1 Å². The molecule has 1 atom stereocenters. The van der Waals surface area contributed by atoms with Gasteiger partial charge in [0.05, 0.1) is 11.4 Å². The molecule has 28 heavy (non-hydrogen) atoms. The SMILES string of the molecule is CNC(=O)Oc1cc(-c2cc(C)c(OC[C@@](C)(N)CC(C)C)c(C)n2)ccn1. The molecule has 0 aromatic carbocycles. The van der Waals surface area contributed by atoms with E-state index in [9.17, 15) is 4.79 Å². The molecule has 2 rings (SSSR count). The Bertz CT molecular complexity index is 811. The summed E-state index contributed by atoms with van der Waals surface area (Å²) < 4.78 is 11.1. The van der Waals surface area contributed by atoms with Crippen molar-refractivity contribution in [2.75, 3.05) is 13.7 Å². The van der Waals surface area contributed by atoms with Crippen LogP contribution >= 0.6 is 0 Å². The van der Waals surface area contributed by atoms with Crippen LogP contribution in [0, 0.1) is 19.8 Å². The van der Waals surface area contributed by atoms with Crippen LogP contribution in [0.4, 0.5) is 4.79 Å². The van der Waals surface area contributed by atoms with Gasteiger partial charge < -0.3 is 20.5 Å². The number of rotatable bonds is 7. The lowest BCUT2D eigenvalue weighted by Crippen LogP contribution is -2.43. The Morgan fingerprint density at radius 1 is 1.32 bits per heavy atom. The van der Waals surface area contributed by atoms with E-state index in [1.807, 2.05) is 32.9 Å². The maximum atomic E-state index is 11.4. The van der Waals surface area contributed by atoms with Crippen molar-refractivity contribution >= 4 is 6.09 Å². The molecular formula is C21H30N4O3. The van der Waals surface area contributed by atoms with Crippen molar-refractivity contribution < 1.29 is 14.3 Å². The zero-order valence-electron chi connectivity index (χ0n) is 17.5. The van der Waals surface area contributed by atoms with Gasteiger partial charge in [0.2, 0.25) is 5.88 Å². The Morgan fingerprint density at radius 3 is 2.64 bits per heavy atom. The molecule has 2 heterocycles. The number of hydrogen-bond acceptors (Lipinski definition) is 6. The highest BCUT2D eigenvalue weighted by atomic mass is 16.6. The number of carbonyl (C=O) groups is 1. The lowest BCUT2D eigenvalue weighted by Gasteiger charge is -2.27. The number of nitrogens with one attached hydrogen (secondary N) is 1. The molecule has 0 unspecified atom stereocenters. The Kier molecular flexibility index (Phi) is 6.96. The zero-order chi connectivity index (χ0) is 20.9. The largest absolute Gasteiger partial charge is 0.490 e. The van der Waals surface area contributed by atoms with E-state index in [1.54, 1.807) is 12.3 Å². The van der Waals surface area contributed by atoms with Crippen LogP contribution in [0.2, 0.25) is 0 Å². The second kappa shape index (κ2) is 9.01. The highest BCUT2D eigenvalue weighted by Gasteiger charge is 2.22. The molecule has 0 aliphatic heterocycles. The van der Waals surface area contributed by atoms with Crippen LogP contribution < -0.4 is 20.5 Å². The van der Waals surface area contributed by atoms with Gasteiger partial charge >= 0.3 is 6.09 Å². The number of nitrogens with two attached hydrogens (primary N) is 1. The summed E-state index contributed by atoms with van der Waals surface area (Å²) in [5.74, 6) is 1.46. The van der Waals surface area contributed by atoms with E-state index < -0.39 is 11.6 Å². The van der Waals surface area contributed by atoms with Crippen molar-refractivity contribution in [1.82, 2.24) is 15.3 Å². The molecule has 3 N–H and O–H groups in total. The van der Waals surface area contributed by atoms with Gasteiger partial charge in [-0.15, -0.1) is 0 Å². The van der Waals surface area contributed by atoms with Crippen molar-refractivity contribution in [1.29, 1.82) is 0 Å². The Labute approximate surface area is 166 Å². The van der Waals surface area contributed by atoms with Crippen molar-refractivity contribution in [2.45, 2.75) is 46.6 Å². The standard InChI is InChI=1S/C21H30N4O3/c1-13(2)11-21(5,22)12-27-19-14(3)9-17(25-15(19)4)16-7-8-24-18(10-16)28-20(26)23-6/h7-10,13H,11-12,22H2,1-6H3,(H,23,26)/t21-/m0/s1. The molecule has 0 saturated heterocycles. The number of aryl methyl sites for hydroxylation is 2. The van der Waals surface area contributed by atoms with E-state index >= 15 is 0 Å². The Balaban J connectivity index is 2.22. The maximum absolute atomic E-state index is 11.4. The molecule has 0 aliphatic rings. The third-order valence-corrected chi connectivity index (χ3v) is 4.18. The Morgan fingerprint density at radius 2 is 2.04 bits per heavy atom. The molecule has 0 radical (unpaired) electrons. The molecule has 0 bridgehead atoms. The van der Waals surface area contributed by atoms with Gasteiger partial charge in [-0.2, -0.15) is 0 Å². The fourth-order valence-electron chi connectivity index (χ4n) is 3.19. The summed E-state index contributed by atoms with van der Waals surface area (Å²) in [6, 6.07) is 5.44. The summed E-state index contributed by atoms with van der Waals surface area (Å²) in [6.45, 7) is 10.6. The van der Waals surface area contributed by atoms with Crippen molar-refractivity contribution in [3.05, 3.63) is 35.7 Å². The minimum absolute atomic E-state index is 0.210. The van der Waals surface area contributed by atoms with Crippen LogP contribution in [0.25, 0.3) is 11.3 Å². The van der Waals surface area contributed by atoms with Crippen molar-refractivity contribution in [3.63, 3.8) is 0 Å². The molecule has 1 amide bonds. The van der Waals surface area contributed by atoms with Crippen LogP contribution in [-0.4, -0.2) is 35.3 Å². The molecule has 7 nitrogen and oxygen atoms in total. The minimum Gasteiger partial charge on any atom is -0.490 e. The molecule has 0 spiro atoms. The average molecular weight is 386 g/mol. The monoisotopic (exact) mass is 386 g/mol. The number of ether oxygens (including phenoxy) is 2. The van der Waals surface area contributed by atoms with E-state index in [-0.39, 0.29) is 5.88 Å². The van der Waals surface area contributed by atoms with Crippen LogP contribution in [0.15, 0.2) is 24.4 Å². The first-order valence-electron chi connectivity index (χ1n) is 9.37. The topological polar surface area (TPSA) is 99.4 Å². The van der Waals surface area contributed by atoms with Gasteiger partial charge in [-0.05, 0) is 50.8 Å². The lowest BCUT2D eigenvalue weighted by atomic mass is 9.93. The highest BCUT2D eigenvalue weighted by molar-refractivity contribution is 5.70. The summed E-state index contributed by atoms with van der Waals surface area (Å²) in [5.41, 5.74) is 9.26. The summed E-state index contributed by atoms with van der Waals surface area (Å²) >= 11 is 0. The fourth-order valence-corrected chi connectivity index (χ4v) is 3.19. The predicted octanol–water partition coefficient (Wildman–Crippen LogP) is 3.62. The van der Waals surface area contributed by atoms with E-state index in [4.69, 9.17) is 15.2 Å².